The van der Waals surface area contributed by atoms with Crippen molar-refractivity contribution in [2.24, 2.45) is 5.73 Å². The first-order chi connectivity index (χ1) is 9.49. The SMILES string of the molecule is COc1cc(-c2nc(C)cc(CC(C)N)n2)ccc1F. The van der Waals surface area contributed by atoms with Gasteiger partial charge in [-0.25, -0.2) is 14.4 Å². The van der Waals surface area contributed by atoms with Gasteiger partial charge in [0.1, 0.15) is 0 Å². The van der Waals surface area contributed by atoms with Crippen molar-refractivity contribution in [2.75, 3.05) is 7.11 Å². The first-order valence-corrected chi connectivity index (χ1v) is 6.43. The molecule has 0 aliphatic heterocycles. The van der Waals surface area contributed by atoms with E-state index in [0.717, 1.165) is 17.0 Å². The van der Waals surface area contributed by atoms with Crippen LogP contribution in [-0.4, -0.2) is 23.1 Å². The maximum atomic E-state index is 13.4. The van der Waals surface area contributed by atoms with Gasteiger partial charge in [-0.05, 0) is 38.1 Å². The van der Waals surface area contributed by atoms with E-state index in [1.165, 1.54) is 13.2 Å². The number of rotatable bonds is 4. The highest BCUT2D eigenvalue weighted by atomic mass is 19.1. The predicted octanol–water partition coefficient (Wildman–Crippen LogP) is 2.49. The van der Waals surface area contributed by atoms with Gasteiger partial charge in [0.2, 0.25) is 0 Å². The molecule has 4 nitrogen and oxygen atoms in total. The standard InChI is InChI=1S/C15H18FN3O/c1-9(17)6-12-7-10(2)18-15(19-12)11-4-5-13(16)14(8-11)20-3/h4-5,7-9H,6,17H2,1-3H3. The van der Waals surface area contributed by atoms with Gasteiger partial charge in [-0.2, -0.15) is 0 Å². The molecule has 0 saturated carbocycles. The molecule has 2 aromatic rings. The number of hydrogen-bond acceptors (Lipinski definition) is 4. The number of nitrogens with zero attached hydrogens (tertiary/aromatic N) is 2. The van der Waals surface area contributed by atoms with E-state index in [2.05, 4.69) is 9.97 Å². The van der Waals surface area contributed by atoms with Crippen LogP contribution in [-0.2, 0) is 6.42 Å². The van der Waals surface area contributed by atoms with E-state index in [1.807, 2.05) is 19.9 Å². The zero-order chi connectivity index (χ0) is 14.7. The zero-order valence-electron chi connectivity index (χ0n) is 11.9. The Morgan fingerprint density at radius 1 is 1.30 bits per heavy atom. The summed E-state index contributed by atoms with van der Waals surface area (Å²) in [5, 5.41) is 0. The Morgan fingerprint density at radius 3 is 2.70 bits per heavy atom. The molecule has 0 amide bonds. The van der Waals surface area contributed by atoms with Gasteiger partial charge in [0, 0.05) is 29.4 Å². The van der Waals surface area contributed by atoms with E-state index < -0.39 is 5.82 Å². The van der Waals surface area contributed by atoms with Gasteiger partial charge < -0.3 is 10.5 Å². The lowest BCUT2D eigenvalue weighted by atomic mass is 10.1. The Labute approximate surface area is 117 Å². The summed E-state index contributed by atoms with van der Waals surface area (Å²) in [4.78, 5) is 8.87. The second kappa shape index (κ2) is 5.96. The summed E-state index contributed by atoms with van der Waals surface area (Å²) in [5.74, 6) is 0.333. The van der Waals surface area contributed by atoms with E-state index in [1.54, 1.807) is 12.1 Å². The maximum Gasteiger partial charge on any atom is 0.165 e. The van der Waals surface area contributed by atoms with Gasteiger partial charge in [0.05, 0.1) is 7.11 Å². The first kappa shape index (κ1) is 14.4. The van der Waals surface area contributed by atoms with E-state index >= 15 is 0 Å². The molecule has 0 saturated heterocycles. The van der Waals surface area contributed by atoms with Crippen LogP contribution in [0.5, 0.6) is 5.75 Å². The third-order valence-electron chi connectivity index (χ3n) is 2.85. The fourth-order valence-electron chi connectivity index (χ4n) is 2.00. The fraction of sp³-hybridized carbons (Fsp3) is 0.333. The van der Waals surface area contributed by atoms with Crippen LogP contribution in [0.25, 0.3) is 11.4 Å². The number of methoxy groups -OCH3 is 1. The van der Waals surface area contributed by atoms with E-state index in [4.69, 9.17) is 10.5 Å². The second-order valence-electron chi connectivity index (χ2n) is 4.86. The van der Waals surface area contributed by atoms with Crippen LogP contribution >= 0.6 is 0 Å². The van der Waals surface area contributed by atoms with Crippen molar-refractivity contribution < 1.29 is 9.13 Å². The van der Waals surface area contributed by atoms with Crippen molar-refractivity contribution in [3.05, 3.63) is 41.5 Å². The first-order valence-electron chi connectivity index (χ1n) is 6.43. The predicted molar refractivity (Wildman–Crippen MR) is 76.1 cm³/mol. The molecule has 1 atom stereocenters. The summed E-state index contributed by atoms with van der Waals surface area (Å²) in [7, 11) is 1.43. The Kier molecular flexibility index (Phi) is 4.29. The molecule has 0 aliphatic carbocycles. The number of halogens is 1. The van der Waals surface area contributed by atoms with Crippen LogP contribution in [0.3, 0.4) is 0 Å². The average Bonchev–Trinajstić information content (AvgIpc) is 2.37. The van der Waals surface area contributed by atoms with E-state index in [0.29, 0.717) is 12.2 Å². The molecule has 5 heteroatoms. The summed E-state index contributed by atoms with van der Waals surface area (Å²) in [6.45, 7) is 3.83. The van der Waals surface area contributed by atoms with Crippen LogP contribution in [0.15, 0.2) is 24.3 Å². The highest BCUT2D eigenvalue weighted by Crippen LogP contribution is 2.24. The summed E-state index contributed by atoms with van der Waals surface area (Å²) in [6, 6.07) is 6.53. The lowest BCUT2D eigenvalue weighted by Gasteiger charge is -2.09. The van der Waals surface area contributed by atoms with Crippen molar-refractivity contribution in [3.8, 4) is 17.1 Å². The summed E-state index contributed by atoms with van der Waals surface area (Å²) < 4.78 is 18.4. The van der Waals surface area contributed by atoms with Crippen LogP contribution < -0.4 is 10.5 Å². The van der Waals surface area contributed by atoms with E-state index in [9.17, 15) is 4.39 Å². The Balaban J connectivity index is 2.44. The smallest absolute Gasteiger partial charge is 0.165 e. The molecule has 20 heavy (non-hydrogen) atoms. The molecule has 2 rings (SSSR count). The molecule has 0 aliphatic rings. The van der Waals surface area contributed by atoms with Crippen molar-refractivity contribution in [2.45, 2.75) is 26.3 Å². The minimum atomic E-state index is -0.403. The zero-order valence-corrected chi connectivity index (χ0v) is 11.9. The van der Waals surface area contributed by atoms with Gasteiger partial charge in [0.15, 0.2) is 17.4 Å². The molecule has 1 aromatic carbocycles. The summed E-state index contributed by atoms with van der Waals surface area (Å²) in [6.07, 6.45) is 0.675. The molecule has 1 aromatic heterocycles. The summed E-state index contributed by atoms with van der Waals surface area (Å²) in [5.41, 5.74) is 8.25. The second-order valence-corrected chi connectivity index (χ2v) is 4.86. The third kappa shape index (κ3) is 3.30. The number of aromatic nitrogens is 2. The fourth-order valence-corrected chi connectivity index (χ4v) is 2.00. The molecule has 0 bridgehead atoms. The molecule has 0 radical (unpaired) electrons. The number of ether oxygens (including phenoxy) is 1. The van der Waals surface area contributed by atoms with Gasteiger partial charge in [-0.3, -0.25) is 0 Å². The molecule has 106 valence electrons. The average molecular weight is 275 g/mol. The van der Waals surface area contributed by atoms with Gasteiger partial charge in [0.25, 0.3) is 0 Å². The summed E-state index contributed by atoms with van der Waals surface area (Å²) >= 11 is 0. The normalized spacial score (nSPS) is 12.2. The Morgan fingerprint density at radius 2 is 2.05 bits per heavy atom. The van der Waals surface area contributed by atoms with Crippen LogP contribution in [0.2, 0.25) is 0 Å². The van der Waals surface area contributed by atoms with Gasteiger partial charge >= 0.3 is 0 Å². The lowest BCUT2D eigenvalue weighted by Crippen LogP contribution is -2.19. The molecule has 1 unspecified atom stereocenters. The van der Waals surface area contributed by atoms with Gasteiger partial charge in [-0.1, -0.05) is 0 Å². The maximum absolute atomic E-state index is 13.4. The van der Waals surface area contributed by atoms with E-state index in [-0.39, 0.29) is 11.8 Å². The van der Waals surface area contributed by atoms with Crippen molar-refractivity contribution in [3.63, 3.8) is 0 Å². The Bertz CT molecular complexity index is 614. The number of benzene rings is 1. The van der Waals surface area contributed by atoms with Gasteiger partial charge in [-0.15, -0.1) is 0 Å². The topological polar surface area (TPSA) is 61.0 Å². The number of hydrogen-bond donors (Lipinski definition) is 1. The molecular weight excluding hydrogens is 257 g/mol. The molecule has 1 heterocycles. The lowest BCUT2D eigenvalue weighted by molar-refractivity contribution is 0.386. The largest absolute Gasteiger partial charge is 0.494 e. The monoisotopic (exact) mass is 275 g/mol. The quantitative estimate of drug-likeness (QED) is 0.931. The van der Waals surface area contributed by atoms with Crippen LogP contribution in [0.1, 0.15) is 18.3 Å². The third-order valence-corrected chi connectivity index (χ3v) is 2.85. The number of nitrogens with two attached hydrogens (primary N) is 1. The minimum Gasteiger partial charge on any atom is -0.494 e. The number of aryl methyl sites for hydroxylation is 1. The Hall–Kier alpha value is -2.01. The van der Waals surface area contributed by atoms with Crippen molar-refractivity contribution in [1.29, 1.82) is 0 Å². The van der Waals surface area contributed by atoms with Crippen LogP contribution in [0, 0.1) is 12.7 Å². The highest BCUT2D eigenvalue weighted by molar-refractivity contribution is 5.58. The highest BCUT2D eigenvalue weighted by Gasteiger charge is 2.10. The van der Waals surface area contributed by atoms with Crippen LogP contribution in [0.4, 0.5) is 4.39 Å². The van der Waals surface area contributed by atoms with Crippen molar-refractivity contribution >= 4 is 0 Å². The molecule has 2 N–H and O–H groups in total. The molecular formula is C15H18FN3O. The molecule has 0 spiro atoms. The van der Waals surface area contributed by atoms with Crippen molar-refractivity contribution in [1.82, 2.24) is 9.97 Å². The minimum absolute atomic E-state index is 0.0277. The molecule has 0 fully saturated rings.